The van der Waals surface area contributed by atoms with E-state index in [1.807, 2.05) is 6.07 Å². The lowest BCUT2D eigenvalue weighted by Crippen LogP contribution is -2.28. The lowest BCUT2D eigenvalue weighted by molar-refractivity contribution is 0.0601. The lowest BCUT2D eigenvalue weighted by atomic mass is 10.1. The molecule has 0 spiro atoms. The van der Waals surface area contributed by atoms with Crippen molar-refractivity contribution in [2.24, 2.45) is 0 Å². The summed E-state index contributed by atoms with van der Waals surface area (Å²) in [6, 6.07) is 5.23. The van der Waals surface area contributed by atoms with Gasteiger partial charge in [-0.1, -0.05) is 29.3 Å². The van der Waals surface area contributed by atoms with Crippen molar-refractivity contribution in [1.82, 2.24) is 5.32 Å². The maximum absolute atomic E-state index is 12.1. The third-order valence-electron chi connectivity index (χ3n) is 3.57. The number of carbonyl (C=O) groups excluding carboxylic acids is 2. The summed E-state index contributed by atoms with van der Waals surface area (Å²) >= 11 is 18.2. The van der Waals surface area contributed by atoms with Gasteiger partial charge in [0.25, 0.3) is 0 Å². The van der Waals surface area contributed by atoms with Gasteiger partial charge in [-0.15, -0.1) is 11.3 Å². The van der Waals surface area contributed by atoms with Crippen LogP contribution in [-0.2, 0) is 16.0 Å². The van der Waals surface area contributed by atoms with Gasteiger partial charge in [-0.25, -0.2) is 9.59 Å². The second kappa shape index (κ2) is 9.36. The summed E-state index contributed by atoms with van der Waals surface area (Å²) < 4.78 is 9.55. The molecule has 0 aliphatic carbocycles. The molecule has 0 saturated heterocycles. The van der Waals surface area contributed by atoms with E-state index in [2.05, 4.69) is 10.6 Å². The van der Waals surface area contributed by atoms with Crippen molar-refractivity contribution in [3.63, 3.8) is 0 Å². The van der Waals surface area contributed by atoms with Crippen molar-refractivity contribution in [1.29, 1.82) is 0 Å². The molecule has 144 valence electrons. The minimum Gasteiger partial charge on any atom is -0.465 e. The maximum Gasteiger partial charge on any atom is 0.348 e. The molecule has 0 aliphatic heterocycles. The zero-order chi connectivity index (χ0) is 20.1. The molecule has 2 N–H and O–H groups in total. The number of thiophene rings is 1. The topological polar surface area (TPSA) is 76.7 Å². The first-order chi connectivity index (χ1) is 12.8. The normalized spacial score (nSPS) is 10.3. The van der Waals surface area contributed by atoms with Crippen molar-refractivity contribution in [2.75, 3.05) is 19.5 Å². The molecule has 0 aliphatic rings. The van der Waals surface area contributed by atoms with Crippen LogP contribution in [-0.4, -0.2) is 31.3 Å². The van der Waals surface area contributed by atoms with E-state index in [0.717, 1.165) is 16.9 Å². The number of anilines is 1. The Morgan fingerprint density at radius 3 is 2.41 bits per heavy atom. The van der Waals surface area contributed by atoms with Crippen LogP contribution in [0.1, 0.15) is 31.2 Å². The van der Waals surface area contributed by atoms with Crippen LogP contribution in [0.5, 0.6) is 0 Å². The van der Waals surface area contributed by atoms with Crippen LogP contribution in [0.15, 0.2) is 18.2 Å². The highest BCUT2D eigenvalue weighted by atomic mass is 35.5. The Hall–Kier alpha value is -1.87. The summed E-state index contributed by atoms with van der Waals surface area (Å²) in [6.07, 6.45) is 0. The summed E-state index contributed by atoms with van der Waals surface area (Å²) in [5, 5.41) is 7.51. The van der Waals surface area contributed by atoms with Crippen molar-refractivity contribution in [3.05, 3.63) is 49.8 Å². The van der Waals surface area contributed by atoms with Crippen molar-refractivity contribution in [3.8, 4) is 0 Å². The molecule has 10 heteroatoms. The van der Waals surface area contributed by atoms with Gasteiger partial charge in [-0.3, -0.25) is 0 Å². The highest BCUT2D eigenvalue weighted by Gasteiger charge is 2.26. The quantitative estimate of drug-likeness (QED) is 0.519. The van der Waals surface area contributed by atoms with Crippen molar-refractivity contribution in [2.45, 2.75) is 13.5 Å². The van der Waals surface area contributed by atoms with Gasteiger partial charge < -0.3 is 20.1 Å². The standard InChI is InChI=1S/C17H16Cl2N2O4S2/c1-8-12(15(22)24-2)14(27-13(8)16(23)25-3)21-17(26)20-7-9-4-5-10(18)11(19)6-9/h4-6H,7H2,1-3H3,(H2,20,21,26). The van der Waals surface area contributed by atoms with Crippen LogP contribution in [0.25, 0.3) is 0 Å². The molecule has 2 aromatic rings. The van der Waals surface area contributed by atoms with Crippen LogP contribution in [0.2, 0.25) is 10.0 Å². The summed E-state index contributed by atoms with van der Waals surface area (Å²) in [5.41, 5.74) is 1.58. The van der Waals surface area contributed by atoms with E-state index in [9.17, 15) is 9.59 Å². The molecule has 0 saturated carbocycles. The molecular weight excluding hydrogens is 431 g/mol. The van der Waals surface area contributed by atoms with Gasteiger partial charge in [0.2, 0.25) is 0 Å². The van der Waals surface area contributed by atoms with Crippen molar-refractivity contribution < 1.29 is 19.1 Å². The summed E-state index contributed by atoms with van der Waals surface area (Å²) in [5.74, 6) is -1.11. The number of esters is 2. The van der Waals surface area contributed by atoms with Gasteiger partial charge >= 0.3 is 11.9 Å². The smallest absolute Gasteiger partial charge is 0.348 e. The van der Waals surface area contributed by atoms with Crippen LogP contribution in [0.3, 0.4) is 0 Å². The van der Waals surface area contributed by atoms with Crippen LogP contribution >= 0.6 is 46.8 Å². The van der Waals surface area contributed by atoms with E-state index in [-0.39, 0.29) is 10.7 Å². The van der Waals surface area contributed by atoms with E-state index < -0.39 is 11.9 Å². The molecule has 6 nitrogen and oxygen atoms in total. The van der Waals surface area contributed by atoms with Gasteiger partial charge in [0.05, 0.1) is 29.8 Å². The molecule has 0 atom stereocenters. The van der Waals surface area contributed by atoms with Crippen LogP contribution < -0.4 is 10.6 Å². The Kier molecular flexibility index (Phi) is 7.43. The first kappa shape index (κ1) is 21.4. The molecule has 1 aromatic heterocycles. The minimum absolute atomic E-state index is 0.238. The van der Waals surface area contributed by atoms with Crippen LogP contribution in [0.4, 0.5) is 5.00 Å². The predicted molar refractivity (Wildman–Crippen MR) is 111 cm³/mol. The number of rotatable bonds is 5. The molecule has 0 bridgehead atoms. The Labute approximate surface area is 175 Å². The SMILES string of the molecule is COC(=O)c1sc(NC(=S)NCc2ccc(Cl)c(Cl)c2)c(C(=O)OC)c1C. The largest absolute Gasteiger partial charge is 0.465 e. The fraction of sp³-hybridized carbons (Fsp3) is 0.235. The van der Waals surface area contributed by atoms with E-state index in [0.29, 0.717) is 32.0 Å². The Balaban J connectivity index is 2.17. The fourth-order valence-corrected chi connectivity index (χ4v) is 3.89. The molecule has 0 unspecified atom stereocenters. The van der Waals surface area contributed by atoms with Gasteiger partial charge in [0, 0.05) is 6.54 Å². The average molecular weight is 447 g/mol. The highest BCUT2D eigenvalue weighted by Crippen LogP contribution is 2.34. The highest BCUT2D eigenvalue weighted by molar-refractivity contribution is 7.80. The fourth-order valence-electron chi connectivity index (χ4n) is 2.22. The summed E-state index contributed by atoms with van der Waals surface area (Å²) in [7, 11) is 2.54. The third kappa shape index (κ3) is 5.10. The van der Waals surface area contributed by atoms with Crippen LogP contribution in [0, 0.1) is 6.92 Å². The van der Waals surface area contributed by atoms with Gasteiger partial charge in [-0.05, 0) is 42.4 Å². The first-order valence-electron chi connectivity index (χ1n) is 7.57. The second-order valence-corrected chi connectivity index (χ2v) is 7.54. The van der Waals surface area contributed by atoms with Gasteiger partial charge in [0.1, 0.15) is 9.88 Å². The molecule has 27 heavy (non-hydrogen) atoms. The summed E-state index contributed by atoms with van der Waals surface area (Å²) in [6.45, 7) is 2.04. The second-order valence-electron chi connectivity index (χ2n) is 5.30. The Morgan fingerprint density at radius 1 is 1.15 bits per heavy atom. The van der Waals surface area contributed by atoms with Gasteiger partial charge in [0.15, 0.2) is 5.11 Å². The van der Waals surface area contributed by atoms with E-state index in [4.69, 9.17) is 44.9 Å². The molecule has 1 aromatic carbocycles. The number of thiocarbonyl (C=S) groups is 1. The molecule has 0 fully saturated rings. The number of carbonyl (C=O) groups is 2. The lowest BCUT2D eigenvalue weighted by Gasteiger charge is -2.11. The molecule has 0 radical (unpaired) electrons. The number of nitrogens with one attached hydrogen (secondary N) is 2. The average Bonchev–Trinajstić information content (AvgIpc) is 2.97. The zero-order valence-corrected chi connectivity index (χ0v) is 17.8. The molecular formula is C17H16Cl2N2O4S2. The predicted octanol–water partition coefficient (Wildman–Crippen LogP) is 4.42. The maximum atomic E-state index is 12.1. The van der Waals surface area contributed by atoms with Gasteiger partial charge in [-0.2, -0.15) is 0 Å². The van der Waals surface area contributed by atoms with Crippen molar-refractivity contribution >= 4 is 68.8 Å². The zero-order valence-electron chi connectivity index (χ0n) is 14.6. The number of ether oxygens (including phenoxy) is 2. The summed E-state index contributed by atoms with van der Waals surface area (Å²) in [4.78, 5) is 24.3. The minimum atomic E-state index is -0.575. The number of benzene rings is 1. The Morgan fingerprint density at radius 2 is 1.81 bits per heavy atom. The number of hydrogen-bond acceptors (Lipinski definition) is 6. The molecule has 1 heterocycles. The molecule has 0 amide bonds. The Bertz CT molecular complexity index is 899. The third-order valence-corrected chi connectivity index (χ3v) is 5.74. The number of halogens is 2. The van der Waals surface area contributed by atoms with E-state index in [1.54, 1.807) is 19.1 Å². The number of methoxy groups -OCH3 is 2. The monoisotopic (exact) mass is 446 g/mol. The van der Waals surface area contributed by atoms with E-state index >= 15 is 0 Å². The first-order valence-corrected chi connectivity index (χ1v) is 9.55. The molecule has 2 rings (SSSR count). The number of hydrogen-bond donors (Lipinski definition) is 2. The van der Waals surface area contributed by atoms with E-state index in [1.165, 1.54) is 14.2 Å².